The second kappa shape index (κ2) is 1.37. The van der Waals surface area contributed by atoms with Gasteiger partial charge in [0.2, 0.25) is 0 Å². The van der Waals surface area contributed by atoms with Crippen molar-refractivity contribution in [2.75, 3.05) is 0 Å². The van der Waals surface area contributed by atoms with E-state index in [9.17, 15) is 0 Å². The molecule has 2 unspecified atom stereocenters. The number of hydrogen-bond donors (Lipinski definition) is 0. The molecule has 1 heteroatoms. The zero-order valence-electron chi connectivity index (χ0n) is 4.57. The molecule has 0 spiro atoms. The molecule has 0 aromatic carbocycles. The normalized spacial score (nSPS) is 43.0. The highest BCUT2D eigenvalue weighted by Crippen LogP contribution is 2.39. The highest BCUT2D eigenvalue weighted by Gasteiger charge is 2.31. The maximum Gasteiger partial charge on any atom is 0.0364 e. The minimum Gasteiger partial charge on any atom is -0.0718 e. The van der Waals surface area contributed by atoms with Gasteiger partial charge in [-0.15, -0.1) is 0 Å². The van der Waals surface area contributed by atoms with Crippen molar-refractivity contribution < 1.29 is 0 Å². The summed E-state index contributed by atoms with van der Waals surface area (Å²) < 4.78 is 0. The fourth-order valence-corrected chi connectivity index (χ4v) is 3.72. The van der Waals surface area contributed by atoms with Crippen molar-refractivity contribution in [1.29, 1.82) is 0 Å². The summed E-state index contributed by atoms with van der Waals surface area (Å²) in [7, 11) is -0.00386. The van der Waals surface area contributed by atoms with E-state index < -0.39 is 0 Å². The molecule has 1 saturated heterocycles. The maximum absolute atomic E-state index is 2.47. The highest BCUT2D eigenvalue weighted by molar-refractivity contribution is 6.70. The van der Waals surface area contributed by atoms with Crippen LogP contribution >= 0.6 is 0 Å². The molecule has 6 heavy (non-hydrogen) atoms. The lowest BCUT2D eigenvalue weighted by Gasteiger charge is -1.78. The Morgan fingerprint density at radius 3 is 2.33 bits per heavy atom. The largest absolute Gasteiger partial charge is 0.0718 e. The topological polar surface area (TPSA) is 0 Å². The van der Waals surface area contributed by atoms with Crippen LogP contribution in [-0.2, 0) is 0 Å². The molecule has 0 N–H and O–H groups in total. The molecular formula is C5H12Si. The monoisotopic (exact) mass is 100 g/mol. The molecular weight excluding hydrogens is 88.1 g/mol. The summed E-state index contributed by atoms with van der Waals surface area (Å²) in [5.41, 5.74) is 1.24. The molecule has 1 rings (SSSR count). The van der Waals surface area contributed by atoms with Crippen LogP contribution < -0.4 is 0 Å². The van der Waals surface area contributed by atoms with Crippen molar-refractivity contribution >= 4 is 8.80 Å². The van der Waals surface area contributed by atoms with Gasteiger partial charge in [0, 0.05) is 8.80 Å². The minimum atomic E-state index is -0.00386. The van der Waals surface area contributed by atoms with Gasteiger partial charge in [0.05, 0.1) is 0 Å². The molecule has 0 bridgehead atoms. The SMILES string of the molecule is CCC1C[SiH]1C. The first-order valence-electron chi connectivity index (χ1n) is 2.84. The van der Waals surface area contributed by atoms with E-state index in [1.54, 1.807) is 6.04 Å². The third kappa shape index (κ3) is 0.646. The van der Waals surface area contributed by atoms with Crippen molar-refractivity contribution in [2.24, 2.45) is 0 Å². The van der Waals surface area contributed by atoms with Crippen LogP contribution in [0.2, 0.25) is 18.1 Å². The summed E-state index contributed by atoms with van der Waals surface area (Å²) in [4.78, 5) is 0. The Hall–Kier alpha value is 0.217. The lowest BCUT2D eigenvalue weighted by molar-refractivity contribution is 0.957. The first-order chi connectivity index (χ1) is 2.84. The van der Waals surface area contributed by atoms with Crippen LogP contribution in [0.1, 0.15) is 13.3 Å². The third-order valence-corrected chi connectivity index (χ3v) is 4.82. The standard InChI is InChI=1S/C5H12Si/c1-3-5-4-6(5)2/h5-6H,3-4H2,1-2H3. The molecule has 1 aliphatic heterocycles. The van der Waals surface area contributed by atoms with E-state index >= 15 is 0 Å². The van der Waals surface area contributed by atoms with Crippen molar-refractivity contribution in [2.45, 2.75) is 31.5 Å². The van der Waals surface area contributed by atoms with Gasteiger partial charge >= 0.3 is 0 Å². The van der Waals surface area contributed by atoms with E-state index in [0.717, 1.165) is 0 Å². The van der Waals surface area contributed by atoms with Crippen LogP contribution in [0.25, 0.3) is 0 Å². The molecule has 1 heterocycles. The van der Waals surface area contributed by atoms with E-state index in [1.807, 2.05) is 0 Å². The zero-order chi connectivity index (χ0) is 4.57. The lowest BCUT2D eigenvalue weighted by atomic mass is 10.4. The van der Waals surface area contributed by atoms with Crippen molar-refractivity contribution in [1.82, 2.24) is 0 Å². The Labute approximate surface area is 41.2 Å². The summed E-state index contributed by atoms with van der Waals surface area (Å²) in [5.74, 6) is 0. The first kappa shape index (κ1) is 4.38. The van der Waals surface area contributed by atoms with Crippen LogP contribution in [0, 0.1) is 0 Å². The molecule has 0 aliphatic carbocycles. The molecule has 0 saturated carbocycles. The van der Waals surface area contributed by atoms with Crippen molar-refractivity contribution in [3.63, 3.8) is 0 Å². The fraction of sp³-hybridized carbons (Fsp3) is 1.00. The van der Waals surface area contributed by atoms with Gasteiger partial charge in [0.25, 0.3) is 0 Å². The third-order valence-electron chi connectivity index (χ3n) is 1.80. The molecule has 2 atom stereocenters. The maximum atomic E-state index is 2.47. The molecule has 0 aromatic heterocycles. The van der Waals surface area contributed by atoms with Gasteiger partial charge in [-0.2, -0.15) is 0 Å². The minimum absolute atomic E-state index is 0.00386. The van der Waals surface area contributed by atoms with Crippen molar-refractivity contribution in [3.05, 3.63) is 0 Å². The fourth-order valence-electron chi connectivity index (χ4n) is 0.968. The van der Waals surface area contributed by atoms with E-state index in [1.165, 1.54) is 12.0 Å². The van der Waals surface area contributed by atoms with Crippen LogP contribution in [0.4, 0.5) is 0 Å². The second-order valence-corrected chi connectivity index (χ2v) is 5.75. The van der Waals surface area contributed by atoms with Crippen LogP contribution in [0.3, 0.4) is 0 Å². The van der Waals surface area contributed by atoms with Gasteiger partial charge in [-0.05, 0) is 0 Å². The van der Waals surface area contributed by atoms with Crippen LogP contribution in [-0.4, -0.2) is 8.80 Å². The Morgan fingerprint density at radius 2 is 2.33 bits per heavy atom. The van der Waals surface area contributed by atoms with E-state index in [-0.39, 0.29) is 8.80 Å². The summed E-state index contributed by atoms with van der Waals surface area (Å²) >= 11 is 0. The Kier molecular flexibility index (Phi) is 1.00. The predicted molar refractivity (Wildman–Crippen MR) is 31.9 cm³/mol. The highest BCUT2D eigenvalue weighted by atomic mass is 28.3. The van der Waals surface area contributed by atoms with Gasteiger partial charge in [-0.3, -0.25) is 0 Å². The van der Waals surface area contributed by atoms with E-state index in [4.69, 9.17) is 0 Å². The van der Waals surface area contributed by atoms with Gasteiger partial charge in [0.15, 0.2) is 0 Å². The van der Waals surface area contributed by atoms with Gasteiger partial charge in [-0.25, -0.2) is 0 Å². The summed E-state index contributed by atoms with van der Waals surface area (Å²) in [6, 6.07) is 1.64. The van der Waals surface area contributed by atoms with E-state index in [0.29, 0.717) is 0 Å². The van der Waals surface area contributed by atoms with E-state index in [2.05, 4.69) is 13.5 Å². The Balaban J connectivity index is 2.09. The summed E-state index contributed by atoms with van der Waals surface area (Å²) in [6.07, 6.45) is 1.47. The Bertz CT molecular complexity index is 49.9. The molecule has 0 radical (unpaired) electrons. The molecule has 1 aliphatic rings. The van der Waals surface area contributed by atoms with Gasteiger partial charge in [0.1, 0.15) is 0 Å². The number of hydrogen-bond acceptors (Lipinski definition) is 0. The van der Waals surface area contributed by atoms with Crippen LogP contribution in [0.5, 0.6) is 0 Å². The Morgan fingerprint density at radius 1 is 1.83 bits per heavy atom. The second-order valence-electron chi connectivity index (χ2n) is 2.38. The summed E-state index contributed by atoms with van der Waals surface area (Å²) in [5, 5.41) is 0. The van der Waals surface area contributed by atoms with Crippen molar-refractivity contribution in [3.8, 4) is 0 Å². The molecule has 1 fully saturated rings. The smallest absolute Gasteiger partial charge is 0.0364 e. The number of rotatable bonds is 1. The predicted octanol–water partition coefficient (Wildman–Crippen LogP) is 1.64. The first-order valence-corrected chi connectivity index (χ1v) is 5.48. The average molecular weight is 100 g/mol. The van der Waals surface area contributed by atoms with Crippen LogP contribution in [0.15, 0.2) is 0 Å². The molecule has 36 valence electrons. The van der Waals surface area contributed by atoms with Gasteiger partial charge in [-0.1, -0.05) is 31.5 Å². The molecule has 0 nitrogen and oxygen atoms in total. The quantitative estimate of drug-likeness (QED) is 0.439. The van der Waals surface area contributed by atoms with Gasteiger partial charge < -0.3 is 0 Å². The molecule has 0 aromatic rings. The summed E-state index contributed by atoms with van der Waals surface area (Å²) in [6.45, 7) is 4.77. The lowest BCUT2D eigenvalue weighted by Crippen LogP contribution is -1.74. The molecule has 0 amide bonds. The zero-order valence-corrected chi connectivity index (χ0v) is 5.72. The average Bonchev–Trinajstić information content (AvgIpc) is 2.19.